The van der Waals surface area contributed by atoms with Crippen LogP contribution in [0.15, 0.2) is 27.9 Å². The number of nitrogens with one attached hydrogen (secondary N) is 1. The largest absolute Gasteiger partial charge is 0.328 e. The zero-order valence-corrected chi connectivity index (χ0v) is 11.7. The van der Waals surface area contributed by atoms with Crippen LogP contribution in [0.3, 0.4) is 0 Å². The number of carbonyl (C=O) groups excluding carboxylic acids is 1. The van der Waals surface area contributed by atoms with E-state index < -0.39 is 11.2 Å². The van der Waals surface area contributed by atoms with E-state index in [0.29, 0.717) is 4.88 Å². The molecular formula is C12H11ClN2O3S. The van der Waals surface area contributed by atoms with Crippen molar-refractivity contribution >= 4 is 28.7 Å². The Bertz CT molecular complexity index is 729. The van der Waals surface area contributed by atoms with E-state index in [0.717, 1.165) is 15.9 Å². The highest BCUT2D eigenvalue weighted by Crippen LogP contribution is 2.17. The number of nitrogens with zero attached hydrogens (tertiary/aromatic N) is 1. The molecule has 1 N–H and O–H groups in total. The van der Waals surface area contributed by atoms with Gasteiger partial charge < -0.3 is 0 Å². The van der Waals surface area contributed by atoms with Crippen LogP contribution in [0.5, 0.6) is 0 Å². The van der Waals surface area contributed by atoms with Gasteiger partial charge in [-0.15, -0.1) is 11.3 Å². The minimum Gasteiger partial charge on any atom is -0.291 e. The monoisotopic (exact) mass is 298 g/mol. The molecule has 19 heavy (non-hydrogen) atoms. The van der Waals surface area contributed by atoms with Crippen LogP contribution in [0.4, 0.5) is 0 Å². The molecule has 100 valence electrons. The number of aromatic nitrogens is 2. The number of hydrogen-bond donors (Lipinski definition) is 1. The van der Waals surface area contributed by atoms with E-state index in [2.05, 4.69) is 4.98 Å². The molecule has 0 saturated heterocycles. The fourth-order valence-corrected chi connectivity index (χ4v) is 2.59. The first-order valence-electron chi connectivity index (χ1n) is 5.62. The van der Waals surface area contributed by atoms with Crippen molar-refractivity contribution in [3.05, 3.63) is 53.9 Å². The quantitative estimate of drug-likeness (QED) is 0.873. The number of aromatic amines is 1. The zero-order valence-electron chi connectivity index (χ0n) is 10.1. The lowest BCUT2D eigenvalue weighted by Gasteiger charge is -2.03. The molecule has 0 bridgehead atoms. The minimum atomic E-state index is -0.653. The van der Waals surface area contributed by atoms with E-state index in [4.69, 9.17) is 11.6 Å². The van der Waals surface area contributed by atoms with Crippen LogP contribution in [0.25, 0.3) is 0 Å². The molecule has 0 amide bonds. The lowest BCUT2D eigenvalue weighted by Crippen LogP contribution is -2.31. The Morgan fingerprint density at radius 2 is 2.16 bits per heavy atom. The predicted octanol–water partition coefficient (Wildman–Crippen LogP) is 1.70. The van der Waals surface area contributed by atoms with Crippen molar-refractivity contribution in [2.24, 2.45) is 0 Å². The van der Waals surface area contributed by atoms with Crippen molar-refractivity contribution in [3.63, 3.8) is 0 Å². The minimum absolute atomic E-state index is 0.118. The number of rotatable bonds is 4. The van der Waals surface area contributed by atoms with Gasteiger partial charge in [0.25, 0.3) is 5.56 Å². The topological polar surface area (TPSA) is 71.9 Å². The van der Waals surface area contributed by atoms with E-state index in [1.807, 2.05) is 13.0 Å². The fourth-order valence-electron chi connectivity index (χ4n) is 1.55. The van der Waals surface area contributed by atoms with Crippen LogP contribution in [0, 0.1) is 0 Å². The summed E-state index contributed by atoms with van der Waals surface area (Å²) < 4.78 is 1.09. The molecule has 0 spiro atoms. The van der Waals surface area contributed by atoms with Gasteiger partial charge in [-0.3, -0.25) is 19.1 Å². The molecule has 2 aromatic heterocycles. The van der Waals surface area contributed by atoms with Crippen LogP contribution >= 0.6 is 22.9 Å². The summed E-state index contributed by atoms with van der Waals surface area (Å²) in [5, 5.41) is -0.118. The summed E-state index contributed by atoms with van der Waals surface area (Å²) in [7, 11) is 0. The van der Waals surface area contributed by atoms with E-state index in [1.54, 1.807) is 6.07 Å². The lowest BCUT2D eigenvalue weighted by atomic mass is 10.3. The number of thiophene rings is 1. The normalized spacial score (nSPS) is 10.6. The molecule has 0 aromatic carbocycles. The second-order valence-electron chi connectivity index (χ2n) is 3.91. The van der Waals surface area contributed by atoms with Crippen LogP contribution in [0.1, 0.15) is 21.5 Å². The van der Waals surface area contributed by atoms with Gasteiger partial charge in [-0.2, -0.15) is 0 Å². The average molecular weight is 299 g/mol. The summed E-state index contributed by atoms with van der Waals surface area (Å²) in [6.07, 6.45) is 2.04. The standard InChI is InChI=1S/C12H11ClN2O3S/c1-2-7-3-4-10(19-7)9(16)6-15-5-8(13)11(17)14-12(15)18/h3-5H,2,6H2,1H3,(H,14,17,18). The van der Waals surface area contributed by atoms with Crippen LogP contribution in [-0.4, -0.2) is 15.3 Å². The summed E-state index contributed by atoms with van der Waals surface area (Å²) in [6.45, 7) is 1.87. The van der Waals surface area contributed by atoms with Crippen molar-refractivity contribution in [1.29, 1.82) is 0 Å². The predicted molar refractivity (Wildman–Crippen MR) is 74.4 cm³/mol. The molecule has 0 atom stereocenters. The van der Waals surface area contributed by atoms with Gasteiger partial charge in [0.15, 0.2) is 5.78 Å². The van der Waals surface area contributed by atoms with E-state index in [-0.39, 0.29) is 17.4 Å². The Morgan fingerprint density at radius 3 is 2.79 bits per heavy atom. The first-order valence-corrected chi connectivity index (χ1v) is 6.82. The van der Waals surface area contributed by atoms with E-state index >= 15 is 0 Å². The number of aryl methyl sites for hydroxylation is 1. The second kappa shape index (κ2) is 5.54. The van der Waals surface area contributed by atoms with Crippen molar-refractivity contribution in [3.8, 4) is 0 Å². The highest BCUT2D eigenvalue weighted by Gasteiger charge is 2.11. The van der Waals surface area contributed by atoms with E-state index in [1.165, 1.54) is 17.5 Å². The number of halogens is 1. The van der Waals surface area contributed by atoms with Gasteiger partial charge >= 0.3 is 5.69 Å². The van der Waals surface area contributed by atoms with Gasteiger partial charge in [0.2, 0.25) is 0 Å². The molecule has 5 nitrogen and oxygen atoms in total. The molecule has 0 radical (unpaired) electrons. The molecule has 0 fully saturated rings. The van der Waals surface area contributed by atoms with Crippen LogP contribution in [-0.2, 0) is 13.0 Å². The molecule has 0 aliphatic heterocycles. The number of ketones is 1. The highest BCUT2D eigenvalue weighted by atomic mass is 35.5. The maximum atomic E-state index is 12.0. The number of carbonyl (C=O) groups is 1. The smallest absolute Gasteiger partial charge is 0.291 e. The van der Waals surface area contributed by atoms with Gasteiger partial charge in [-0.05, 0) is 18.6 Å². The number of hydrogen-bond acceptors (Lipinski definition) is 4. The Balaban J connectivity index is 2.26. The Hall–Kier alpha value is -1.66. The third-order valence-electron chi connectivity index (χ3n) is 2.57. The SMILES string of the molecule is CCc1ccc(C(=O)Cn2cc(Cl)c(=O)[nH]c2=O)s1. The number of H-pyrrole nitrogens is 1. The summed E-state index contributed by atoms with van der Waals surface area (Å²) in [5.74, 6) is -0.185. The molecule has 0 unspecified atom stereocenters. The Labute approximate surface area is 117 Å². The molecule has 2 rings (SSSR count). The average Bonchev–Trinajstić information content (AvgIpc) is 2.84. The molecule has 7 heteroatoms. The lowest BCUT2D eigenvalue weighted by molar-refractivity contribution is 0.0974. The summed E-state index contributed by atoms with van der Waals surface area (Å²) in [5.41, 5.74) is -1.30. The van der Waals surface area contributed by atoms with E-state index in [9.17, 15) is 14.4 Å². The van der Waals surface area contributed by atoms with Gasteiger partial charge in [-0.25, -0.2) is 4.79 Å². The van der Waals surface area contributed by atoms with Crippen LogP contribution in [0.2, 0.25) is 5.02 Å². The summed E-state index contributed by atoms with van der Waals surface area (Å²) in [4.78, 5) is 38.4. The summed E-state index contributed by atoms with van der Waals surface area (Å²) >= 11 is 7.03. The molecule has 2 aromatic rings. The third-order valence-corrected chi connectivity index (χ3v) is 4.11. The summed E-state index contributed by atoms with van der Waals surface area (Å²) in [6, 6.07) is 3.63. The first kappa shape index (κ1) is 13.8. The first-order chi connectivity index (χ1) is 9.01. The molecular weight excluding hydrogens is 288 g/mol. The van der Waals surface area contributed by atoms with Gasteiger partial charge in [-0.1, -0.05) is 18.5 Å². The molecule has 2 heterocycles. The van der Waals surface area contributed by atoms with Gasteiger partial charge in [0, 0.05) is 11.1 Å². The van der Waals surface area contributed by atoms with Gasteiger partial charge in [0.05, 0.1) is 11.4 Å². The van der Waals surface area contributed by atoms with Crippen molar-refractivity contribution in [1.82, 2.24) is 9.55 Å². The van der Waals surface area contributed by atoms with Crippen molar-refractivity contribution in [2.75, 3.05) is 0 Å². The maximum absolute atomic E-state index is 12.0. The molecule has 0 saturated carbocycles. The Morgan fingerprint density at radius 1 is 1.42 bits per heavy atom. The highest BCUT2D eigenvalue weighted by molar-refractivity contribution is 7.14. The Kier molecular flexibility index (Phi) is 4.01. The fraction of sp³-hybridized carbons (Fsp3) is 0.250. The third kappa shape index (κ3) is 3.02. The molecule has 0 aliphatic carbocycles. The maximum Gasteiger partial charge on any atom is 0.328 e. The number of Topliss-reactive ketones (excluding diaryl/α,β-unsaturated/α-hetero) is 1. The van der Waals surface area contributed by atoms with Crippen LogP contribution < -0.4 is 11.2 Å². The van der Waals surface area contributed by atoms with Gasteiger partial charge in [0.1, 0.15) is 5.02 Å². The zero-order chi connectivity index (χ0) is 14.0. The second-order valence-corrected chi connectivity index (χ2v) is 5.48. The van der Waals surface area contributed by atoms with Crippen molar-refractivity contribution in [2.45, 2.75) is 19.9 Å². The molecule has 0 aliphatic rings. The van der Waals surface area contributed by atoms with Crippen molar-refractivity contribution < 1.29 is 4.79 Å².